The Morgan fingerprint density at radius 3 is 1.96 bits per heavy atom. The van der Waals surface area contributed by atoms with Crippen LogP contribution in [0.1, 0.15) is 47.1 Å². The van der Waals surface area contributed by atoms with Gasteiger partial charge in [0, 0.05) is 24.2 Å². The molecule has 0 saturated heterocycles. The Balaban J connectivity index is 1.67. The highest BCUT2D eigenvalue weighted by atomic mass is 35.5. The number of para-hydroxylation sites is 1. The number of hydroxylamine groups is 2. The zero-order valence-corrected chi connectivity index (χ0v) is 28.8. The number of nitrogens with zero attached hydrogens (tertiary/aromatic N) is 2. The summed E-state index contributed by atoms with van der Waals surface area (Å²) in [5.41, 5.74) is 2.03. The van der Waals surface area contributed by atoms with Crippen LogP contribution >= 0.6 is 23.2 Å². The zero-order chi connectivity index (χ0) is 33.1. The summed E-state index contributed by atoms with van der Waals surface area (Å²) in [5, 5.41) is 7.11. The fraction of sp³-hybridized carbons (Fsp3) is 0.194. The summed E-state index contributed by atoms with van der Waals surface area (Å²) in [6.07, 6.45) is 1.50. The summed E-state index contributed by atoms with van der Waals surface area (Å²) < 4.78 is 7.26. The molecule has 1 N–H and O–H groups in total. The summed E-state index contributed by atoms with van der Waals surface area (Å²) >= 11 is 12.7. The van der Waals surface area contributed by atoms with Crippen molar-refractivity contribution in [3.05, 3.63) is 130 Å². The molecule has 0 bridgehead atoms. The minimum atomic E-state index is -2.98. The molecular formula is C36H35Cl2N3O4Si. The standard InChI is InChI=1S/C36H35Cl2N3O4Si/c1-36(2,3)46(24-14-8-6-9-15-24,25-16-10-7-11-17-25)45-23-28-26-18-12-21-31(33(26)39-22-27(28)35(43)41(4)44-5)40-34(42)32-29(37)19-13-20-30(32)38/h6-22H,23H2,1-5H3,(H,40,42). The molecule has 5 rings (SSSR count). The van der Waals surface area contributed by atoms with Crippen LogP contribution in [0.2, 0.25) is 15.1 Å². The van der Waals surface area contributed by atoms with Gasteiger partial charge in [0.15, 0.2) is 0 Å². The lowest BCUT2D eigenvalue weighted by Crippen LogP contribution is -2.66. The molecular weight excluding hydrogens is 637 g/mol. The Morgan fingerprint density at radius 1 is 0.848 bits per heavy atom. The first-order chi connectivity index (χ1) is 22.0. The number of halogens is 2. The molecule has 0 saturated carbocycles. The maximum Gasteiger partial charge on any atom is 0.279 e. The van der Waals surface area contributed by atoms with E-state index in [1.54, 1.807) is 37.4 Å². The van der Waals surface area contributed by atoms with Crippen molar-refractivity contribution in [1.82, 2.24) is 10.0 Å². The SMILES string of the molecule is CON(C)C(=O)c1cnc2c(NC(=O)c3c(Cl)cccc3Cl)cccc2c1CO[Si](c1ccccc1)(c1ccccc1)C(C)(C)C. The van der Waals surface area contributed by atoms with Crippen molar-refractivity contribution >= 4 is 70.3 Å². The molecule has 2 amide bonds. The van der Waals surface area contributed by atoms with Crippen LogP contribution in [0.5, 0.6) is 0 Å². The number of amides is 2. The van der Waals surface area contributed by atoms with Gasteiger partial charge in [-0.2, -0.15) is 0 Å². The highest BCUT2D eigenvalue weighted by molar-refractivity contribution is 6.99. The number of benzene rings is 4. The predicted octanol–water partition coefficient (Wildman–Crippen LogP) is 7.50. The van der Waals surface area contributed by atoms with Crippen molar-refractivity contribution in [2.75, 3.05) is 19.5 Å². The van der Waals surface area contributed by atoms with Gasteiger partial charge in [-0.05, 0) is 33.6 Å². The number of fused-ring (bicyclic) bond motifs is 1. The van der Waals surface area contributed by atoms with Gasteiger partial charge < -0.3 is 9.74 Å². The van der Waals surface area contributed by atoms with E-state index in [1.807, 2.05) is 42.5 Å². The number of nitrogens with one attached hydrogen (secondary N) is 1. The van der Waals surface area contributed by atoms with Gasteiger partial charge >= 0.3 is 0 Å². The van der Waals surface area contributed by atoms with Gasteiger partial charge in [0.05, 0.1) is 46.1 Å². The quantitative estimate of drug-likeness (QED) is 0.130. The topological polar surface area (TPSA) is 80.8 Å². The average Bonchev–Trinajstić information content (AvgIpc) is 3.04. The van der Waals surface area contributed by atoms with E-state index in [-0.39, 0.29) is 33.2 Å². The molecule has 1 heterocycles. The van der Waals surface area contributed by atoms with Gasteiger partial charge in [0.1, 0.15) is 0 Å². The minimum Gasteiger partial charge on any atom is -0.403 e. The second-order valence-corrected chi connectivity index (χ2v) is 17.0. The number of carbonyl (C=O) groups is 2. The molecule has 0 fully saturated rings. The van der Waals surface area contributed by atoms with Crippen LogP contribution in [0.25, 0.3) is 10.9 Å². The molecule has 1 aromatic heterocycles. The first-order valence-electron chi connectivity index (χ1n) is 14.7. The molecule has 0 aliphatic rings. The second kappa shape index (κ2) is 13.7. The first kappa shape index (κ1) is 33.3. The average molecular weight is 673 g/mol. The van der Waals surface area contributed by atoms with Crippen molar-refractivity contribution < 1.29 is 18.9 Å². The van der Waals surface area contributed by atoms with Crippen molar-refractivity contribution in [3.63, 3.8) is 0 Å². The summed E-state index contributed by atoms with van der Waals surface area (Å²) in [5.74, 6) is -0.857. The number of hydrogen-bond donors (Lipinski definition) is 1. The lowest BCUT2D eigenvalue weighted by Gasteiger charge is -2.43. The Labute approximate surface area is 280 Å². The summed E-state index contributed by atoms with van der Waals surface area (Å²) in [6.45, 7) is 6.69. The molecule has 0 radical (unpaired) electrons. The van der Waals surface area contributed by atoms with E-state index in [2.05, 4.69) is 55.3 Å². The van der Waals surface area contributed by atoms with E-state index in [0.717, 1.165) is 15.4 Å². The van der Waals surface area contributed by atoms with Crippen LogP contribution in [0, 0.1) is 0 Å². The Morgan fingerprint density at radius 2 is 1.41 bits per heavy atom. The fourth-order valence-corrected chi connectivity index (χ4v) is 10.9. The predicted molar refractivity (Wildman–Crippen MR) is 188 cm³/mol. The second-order valence-electron chi connectivity index (χ2n) is 11.8. The van der Waals surface area contributed by atoms with Gasteiger partial charge in [-0.3, -0.25) is 19.4 Å². The number of hydrogen-bond acceptors (Lipinski definition) is 5. The minimum absolute atomic E-state index is 0.0959. The molecule has 236 valence electrons. The Bertz CT molecular complexity index is 1820. The van der Waals surface area contributed by atoms with Crippen molar-refractivity contribution in [1.29, 1.82) is 0 Å². The molecule has 0 atom stereocenters. The van der Waals surface area contributed by atoms with Crippen molar-refractivity contribution in [2.45, 2.75) is 32.4 Å². The van der Waals surface area contributed by atoms with Crippen LogP contribution in [-0.2, 0) is 15.9 Å². The first-order valence-corrected chi connectivity index (χ1v) is 17.4. The van der Waals surface area contributed by atoms with Gasteiger partial charge in [-0.25, -0.2) is 5.06 Å². The van der Waals surface area contributed by atoms with Gasteiger partial charge in [0.2, 0.25) is 0 Å². The van der Waals surface area contributed by atoms with Gasteiger partial charge in [-0.15, -0.1) is 0 Å². The van der Waals surface area contributed by atoms with Crippen LogP contribution in [0.15, 0.2) is 103 Å². The molecule has 0 aliphatic carbocycles. The molecule has 4 aromatic carbocycles. The monoisotopic (exact) mass is 671 g/mol. The number of pyridine rings is 1. The number of anilines is 1. The van der Waals surface area contributed by atoms with Crippen LogP contribution in [-0.4, -0.2) is 44.3 Å². The normalized spacial score (nSPS) is 11.8. The van der Waals surface area contributed by atoms with Crippen LogP contribution in [0.4, 0.5) is 5.69 Å². The van der Waals surface area contributed by atoms with E-state index in [9.17, 15) is 9.59 Å². The van der Waals surface area contributed by atoms with Crippen molar-refractivity contribution in [2.24, 2.45) is 0 Å². The third kappa shape index (κ3) is 6.32. The maximum absolute atomic E-state index is 13.6. The van der Waals surface area contributed by atoms with Crippen LogP contribution in [0.3, 0.4) is 0 Å². The zero-order valence-electron chi connectivity index (χ0n) is 26.3. The van der Waals surface area contributed by atoms with Crippen molar-refractivity contribution in [3.8, 4) is 0 Å². The Hall–Kier alpha value is -4.05. The van der Waals surface area contributed by atoms with E-state index in [1.165, 1.54) is 13.3 Å². The third-order valence-electron chi connectivity index (χ3n) is 8.09. The van der Waals surface area contributed by atoms with E-state index in [0.29, 0.717) is 27.7 Å². The smallest absolute Gasteiger partial charge is 0.279 e. The number of rotatable bonds is 9. The molecule has 7 nitrogen and oxygen atoms in total. The van der Waals surface area contributed by atoms with E-state index < -0.39 is 14.2 Å². The number of carbonyl (C=O) groups excluding carboxylic acids is 2. The summed E-state index contributed by atoms with van der Waals surface area (Å²) in [7, 11) is -0.0109. The fourth-order valence-electron chi connectivity index (χ4n) is 5.81. The lowest BCUT2D eigenvalue weighted by molar-refractivity contribution is -0.0758. The lowest BCUT2D eigenvalue weighted by atomic mass is 10.0. The summed E-state index contributed by atoms with van der Waals surface area (Å²) in [4.78, 5) is 36.9. The Kier molecular flexibility index (Phi) is 9.95. The summed E-state index contributed by atoms with van der Waals surface area (Å²) in [6, 6.07) is 30.9. The van der Waals surface area contributed by atoms with Crippen LogP contribution < -0.4 is 15.7 Å². The molecule has 0 aliphatic heterocycles. The van der Waals surface area contributed by atoms with E-state index >= 15 is 0 Å². The molecule has 0 spiro atoms. The highest BCUT2D eigenvalue weighted by Crippen LogP contribution is 2.38. The molecule has 46 heavy (non-hydrogen) atoms. The van der Waals surface area contributed by atoms with Gasteiger partial charge in [-0.1, -0.05) is 123 Å². The van der Waals surface area contributed by atoms with Gasteiger partial charge in [0.25, 0.3) is 20.1 Å². The number of aromatic nitrogens is 1. The highest BCUT2D eigenvalue weighted by Gasteiger charge is 2.50. The molecule has 0 unspecified atom stereocenters. The molecule has 5 aromatic rings. The largest absolute Gasteiger partial charge is 0.403 e. The molecule has 10 heteroatoms. The third-order valence-corrected chi connectivity index (χ3v) is 13.7. The van der Waals surface area contributed by atoms with E-state index in [4.69, 9.17) is 32.5 Å². The maximum atomic E-state index is 13.6.